The van der Waals surface area contributed by atoms with Crippen LogP contribution in [0.4, 0.5) is 5.82 Å². The summed E-state index contributed by atoms with van der Waals surface area (Å²) in [5.74, 6) is 0.566. The van der Waals surface area contributed by atoms with Gasteiger partial charge in [0.15, 0.2) is 0 Å². The van der Waals surface area contributed by atoms with Crippen LogP contribution >= 0.6 is 0 Å². The molecule has 0 radical (unpaired) electrons. The van der Waals surface area contributed by atoms with Crippen LogP contribution in [-0.2, 0) is 6.54 Å². The van der Waals surface area contributed by atoms with Gasteiger partial charge in [0.1, 0.15) is 5.82 Å². The van der Waals surface area contributed by atoms with Crippen molar-refractivity contribution in [2.45, 2.75) is 20.4 Å². The number of anilines is 1. The zero-order valence-corrected chi connectivity index (χ0v) is 9.22. The Hall–Kier alpha value is -1.77. The van der Waals surface area contributed by atoms with Crippen molar-refractivity contribution < 1.29 is 0 Å². The summed E-state index contributed by atoms with van der Waals surface area (Å²) in [6.07, 6.45) is 1.88. The fourth-order valence-corrected chi connectivity index (χ4v) is 1.24. The van der Waals surface area contributed by atoms with E-state index in [2.05, 4.69) is 17.2 Å². The van der Waals surface area contributed by atoms with E-state index in [4.69, 9.17) is 5.73 Å². The maximum Gasteiger partial charge on any atom is 0.145 e. The molecule has 0 saturated carbocycles. The summed E-state index contributed by atoms with van der Waals surface area (Å²) < 4.78 is 1.82. The summed E-state index contributed by atoms with van der Waals surface area (Å²) in [7, 11) is 0. The molecule has 0 bridgehead atoms. The Balaban J connectivity index is 0.000000531. The minimum atomic E-state index is 0.566. The van der Waals surface area contributed by atoms with E-state index in [-0.39, 0.29) is 0 Å². The molecule has 15 heavy (non-hydrogen) atoms. The van der Waals surface area contributed by atoms with Crippen molar-refractivity contribution in [1.82, 2.24) is 9.78 Å². The van der Waals surface area contributed by atoms with E-state index in [0.717, 1.165) is 6.54 Å². The molecule has 2 rings (SSSR count). The third-order valence-corrected chi connectivity index (χ3v) is 1.85. The Morgan fingerprint density at radius 3 is 2.33 bits per heavy atom. The van der Waals surface area contributed by atoms with E-state index in [1.54, 1.807) is 6.07 Å². The molecule has 80 valence electrons. The molecule has 0 amide bonds. The predicted molar refractivity (Wildman–Crippen MR) is 63.5 cm³/mol. The van der Waals surface area contributed by atoms with Gasteiger partial charge in [0.05, 0.1) is 6.54 Å². The lowest BCUT2D eigenvalue weighted by Gasteiger charge is -2.00. The van der Waals surface area contributed by atoms with Gasteiger partial charge in [-0.25, -0.2) is 0 Å². The lowest BCUT2D eigenvalue weighted by atomic mass is 10.2. The highest BCUT2D eigenvalue weighted by atomic mass is 15.3. The maximum absolute atomic E-state index is 5.50. The van der Waals surface area contributed by atoms with Gasteiger partial charge in [0.2, 0.25) is 0 Å². The van der Waals surface area contributed by atoms with E-state index < -0.39 is 0 Å². The van der Waals surface area contributed by atoms with E-state index in [9.17, 15) is 0 Å². The third-order valence-electron chi connectivity index (χ3n) is 1.85. The van der Waals surface area contributed by atoms with Crippen LogP contribution in [0.3, 0.4) is 0 Å². The van der Waals surface area contributed by atoms with Crippen LogP contribution in [0.5, 0.6) is 0 Å². The molecule has 0 fully saturated rings. The molecule has 0 aliphatic rings. The van der Waals surface area contributed by atoms with Crippen LogP contribution in [0.25, 0.3) is 0 Å². The minimum absolute atomic E-state index is 0.566. The van der Waals surface area contributed by atoms with Crippen molar-refractivity contribution >= 4 is 5.82 Å². The second-order valence-corrected chi connectivity index (χ2v) is 2.92. The highest BCUT2D eigenvalue weighted by molar-refractivity contribution is 5.24. The summed E-state index contributed by atoms with van der Waals surface area (Å²) in [5, 5.41) is 4.10. The second-order valence-electron chi connectivity index (χ2n) is 2.92. The minimum Gasteiger partial charge on any atom is -0.382 e. The average molecular weight is 203 g/mol. The molecule has 1 aromatic carbocycles. The van der Waals surface area contributed by atoms with E-state index >= 15 is 0 Å². The lowest BCUT2D eigenvalue weighted by molar-refractivity contribution is 0.690. The molecule has 2 aromatic rings. The topological polar surface area (TPSA) is 43.8 Å². The van der Waals surface area contributed by atoms with Crippen molar-refractivity contribution in [3.8, 4) is 0 Å². The van der Waals surface area contributed by atoms with Crippen LogP contribution in [0.1, 0.15) is 19.4 Å². The summed E-state index contributed by atoms with van der Waals surface area (Å²) in [6.45, 7) is 4.78. The number of benzene rings is 1. The number of nitrogens with two attached hydrogens (primary N) is 1. The molecular weight excluding hydrogens is 186 g/mol. The van der Waals surface area contributed by atoms with E-state index in [1.165, 1.54) is 5.56 Å². The Kier molecular flexibility index (Phi) is 4.41. The third kappa shape index (κ3) is 3.46. The quantitative estimate of drug-likeness (QED) is 0.815. The largest absolute Gasteiger partial charge is 0.382 e. The van der Waals surface area contributed by atoms with Crippen molar-refractivity contribution in [3.63, 3.8) is 0 Å². The Morgan fingerprint density at radius 1 is 1.13 bits per heavy atom. The van der Waals surface area contributed by atoms with Crippen molar-refractivity contribution in [2.75, 3.05) is 5.73 Å². The molecule has 3 nitrogen and oxygen atoms in total. The number of nitrogen functional groups attached to an aromatic ring is 1. The van der Waals surface area contributed by atoms with Crippen molar-refractivity contribution in [1.29, 1.82) is 0 Å². The summed E-state index contributed by atoms with van der Waals surface area (Å²) in [4.78, 5) is 0. The van der Waals surface area contributed by atoms with Crippen LogP contribution in [-0.4, -0.2) is 9.78 Å². The first kappa shape index (κ1) is 11.3. The highest BCUT2D eigenvalue weighted by Gasteiger charge is 1.95. The fourth-order valence-electron chi connectivity index (χ4n) is 1.24. The smallest absolute Gasteiger partial charge is 0.145 e. The van der Waals surface area contributed by atoms with Crippen LogP contribution in [0, 0.1) is 0 Å². The molecule has 1 aromatic heterocycles. The number of rotatable bonds is 2. The standard InChI is InChI=1S/C10H11N3.C2H6/c11-10-6-7-13(12-10)8-9-4-2-1-3-5-9;1-2/h1-7H,8H2,(H2,11,12);1-2H3. The van der Waals surface area contributed by atoms with Gasteiger partial charge in [-0.3, -0.25) is 4.68 Å². The first-order valence-electron chi connectivity index (χ1n) is 5.17. The lowest BCUT2D eigenvalue weighted by Crippen LogP contribution is -2.00. The molecule has 0 aliphatic heterocycles. The van der Waals surface area contributed by atoms with Gasteiger partial charge in [0, 0.05) is 6.20 Å². The molecule has 2 N–H and O–H groups in total. The van der Waals surface area contributed by atoms with Crippen LogP contribution < -0.4 is 5.73 Å². The predicted octanol–water partition coefficient (Wildman–Crippen LogP) is 2.54. The van der Waals surface area contributed by atoms with Gasteiger partial charge >= 0.3 is 0 Å². The zero-order valence-electron chi connectivity index (χ0n) is 9.22. The van der Waals surface area contributed by atoms with Gasteiger partial charge in [0.25, 0.3) is 0 Å². The number of hydrogen-bond donors (Lipinski definition) is 1. The summed E-state index contributed by atoms with van der Waals surface area (Å²) in [5.41, 5.74) is 6.73. The molecule has 3 heteroatoms. The number of aromatic nitrogens is 2. The summed E-state index contributed by atoms with van der Waals surface area (Å²) in [6, 6.07) is 12.0. The van der Waals surface area contributed by atoms with Gasteiger partial charge in [-0.15, -0.1) is 0 Å². The monoisotopic (exact) mass is 203 g/mol. The Bertz CT molecular complexity index is 379. The van der Waals surface area contributed by atoms with Gasteiger partial charge < -0.3 is 5.73 Å². The fraction of sp³-hybridized carbons (Fsp3) is 0.250. The van der Waals surface area contributed by atoms with Gasteiger partial charge in [-0.2, -0.15) is 5.10 Å². The highest BCUT2D eigenvalue weighted by Crippen LogP contribution is 2.03. The molecule has 0 spiro atoms. The van der Waals surface area contributed by atoms with Gasteiger partial charge in [-0.05, 0) is 11.6 Å². The molecule has 0 saturated heterocycles. The Labute approximate surface area is 90.5 Å². The second kappa shape index (κ2) is 5.86. The summed E-state index contributed by atoms with van der Waals surface area (Å²) >= 11 is 0. The molecule has 0 atom stereocenters. The maximum atomic E-state index is 5.50. The molecular formula is C12H17N3. The molecule has 0 unspecified atom stereocenters. The molecule has 1 heterocycles. The van der Waals surface area contributed by atoms with E-state index in [0.29, 0.717) is 5.82 Å². The zero-order chi connectivity index (χ0) is 11.1. The van der Waals surface area contributed by atoms with Gasteiger partial charge in [-0.1, -0.05) is 44.2 Å². The first-order chi connectivity index (χ1) is 7.34. The SMILES string of the molecule is CC.Nc1ccn(Cc2ccccc2)n1. The van der Waals surface area contributed by atoms with E-state index in [1.807, 2.05) is 42.9 Å². The number of nitrogens with zero attached hydrogens (tertiary/aromatic N) is 2. The van der Waals surface area contributed by atoms with Crippen LogP contribution in [0.2, 0.25) is 0 Å². The van der Waals surface area contributed by atoms with Crippen molar-refractivity contribution in [3.05, 3.63) is 48.2 Å². The first-order valence-corrected chi connectivity index (χ1v) is 5.17. The number of hydrogen-bond acceptors (Lipinski definition) is 2. The normalized spacial score (nSPS) is 9.20. The Morgan fingerprint density at radius 2 is 1.80 bits per heavy atom. The van der Waals surface area contributed by atoms with Crippen molar-refractivity contribution in [2.24, 2.45) is 0 Å². The van der Waals surface area contributed by atoms with Crippen LogP contribution in [0.15, 0.2) is 42.6 Å². The molecule has 0 aliphatic carbocycles. The average Bonchev–Trinajstić information content (AvgIpc) is 2.68.